The summed E-state index contributed by atoms with van der Waals surface area (Å²) in [4.78, 5) is 30.0. The van der Waals surface area contributed by atoms with Gasteiger partial charge in [0.2, 0.25) is 5.91 Å². The highest BCUT2D eigenvalue weighted by molar-refractivity contribution is 6.02. The third-order valence-electron chi connectivity index (χ3n) is 5.97. The molecule has 0 bridgehead atoms. The summed E-state index contributed by atoms with van der Waals surface area (Å²) in [5.74, 6) is -0.134. The largest absolute Gasteiger partial charge is 0.353 e. The molecule has 35 heavy (non-hydrogen) atoms. The zero-order chi connectivity index (χ0) is 24.6. The Balaban J connectivity index is 1.52. The van der Waals surface area contributed by atoms with Gasteiger partial charge < -0.3 is 19.7 Å². The molecule has 0 saturated heterocycles. The van der Waals surface area contributed by atoms with Crippen molar-refractivity contribution in [1.29, 1.82) is 0 Å². The molecule has 3 amide bonds. The summed E-state index contributed by atoms with van der Waals surface area (Å²) >= 11 is 0. The number of nitrogens with one attached hydrogen (secondary N) is 1. The highest BCUT2D eigenvalue weighted by atomic mass is 16.2. The zero-order valence-electron chi connectivity index (χ0n) is 19.9. The Kier molecular flexibility index (Phi) is 7.63. The lowest BCUT2D eigenvalue weighted by Crippen LogP contribution is -2.44. The van der Waals surface area contributed by atoms with Crippen molar-refractivity contribution in [3.05, 3.63) is 115 Å². The average molecular weight is 467 g/mol. The van der Waals surface area contributed by atoms with E-state index in [4.69, 9.17) is 0 Å². The van der Waals surface area contributed by atoms with Crippen molar-refractivity contribution in [2.24, 2.45) is 7.05 Å². The summed E-state index contributed by atoms with van der Waals surface area (Å²) in [6.07, 6.45) is 3.59. The molecule has 178 valence electrons. The van der Waals surface area contributed by atoms with E-state index < -0.39 is 0 Å². The van der Waals surface area contributed by atoms with Crippen LogP contribution in [0.4, 0.5) is 10.5 Å². The summed E-state index contributed by atoms with van der Waals surface area (Å²) < 4.78 is 2.00. The molecule has 0 unspecified atom stereocenters. The Morgan fingerprint density at radius 1 is 0.886 bits per heavy atom. The van der Waals surface area contributed by atoms with Gasteiger partial charge in [-0.15, -0.1) is 6.58 Å². The van der Waals surface area contributed by atoms with Crippen molar-refractivity contribution < 1.29 is 9.59 Å². The molecule has 0 atom stereocenters. The number of carbonyl (C=O) groups is 2. The fraction of sp³-hybridized carbons (Fsp3) is 0.172. The topological polar surface area (TPSA) is 57.6 Å². The number of amides is 3. The third kappa shape index (κ3) is 5.98. The molecule has 4 aromatic rings. The van der Waals surface area contributed by atoms with Crippen LogP contribution >= 0.6 is 0 Å². The number of fused-ring (bicyclic) bond motifs is 1. The number of hydrogen-bond acceptors (Lipinski definition) is 2. The summed E-state index contributed by atoms with van der Waals surface area (Å²) in [6.45, 7) is 4.89. The van der Waals surface area contributed by atoms with Gasteiger partial charge in [0.1, 0.15) is 6.54 Å². The Labute approximate surface area is 206 Å². The van der Waals surface area contributed by atoms with Crippen molar-refractivity contribution in [1.82, 2.24) is 14.4 Å². The van der Waals surface area contributed by atoms with Crippen LogP contribution in [0.1, 0.15) is 11.3 Å². The fourth-order valence-electron chi connectivity index (χ4n) is 4.06. The minimum absolute atomic E-state index is 0.0557. The van der Waals surface area contributed by atoms with Crippen molar-refractivity contribution in [3.63, 3.8) is 0 Å². The summed E-state index contributed by atoms with van der Waals surface area (Å²) in [7, 11) is 1.96. The fourth-order valence-corrected chi connectivity index (χ4v) is 4.06. The van der Waals surface area contributed by atoms with Crippen molar-refractivity contribution in [2.45, 2.75) is 13.1 Å². The van der Waals surface area contributed by atoms with Gasteiger partial charge in [0.15, 0.2) is 0 Å². The molecule has 0 saturated carbocycles. The van der Waals surface area contributed by atoms with Crippen molar-refractivity contribution in [3.8, 4) is 0 Å². The van der Waals surface area contributed by atoms with Gasteiger partial charge in [-0.25, -0.2) is 4.79 Å². The number of aryl methyl sites for hydroxylation is 1. The lowest BCUT2D eigenvalue weighted by Gasteiger charge is -2.28. The molecule has 0 aliphatic rings. The van der Waals surface area contributed by atoms with Crippen LogP contribution in [0, 0.1) is 0 Å². The van der Waals surface area contributed by atoms with Gasteiger partial charge in [0.05, 0.1) is 12.2 Å². The second-order valence-corrected chi connectivity index (χ2v) is 8.47. The maximum absolute atomic E-state index is 13.5. The van der Waals surface area contributed by atoms with Gasteiger partial charge in [-0.1, -0.05) is 72.8 Å². The molecule has 3 aromatic carbocycles. The van der Waals surface area contributed by atoms with E-state index in [-0.39, 0.29) is 25.0 Å². The van der Waals surface area contributed by atoms with Crippen LogP contribution in [0.5, 0.6) is 0 Å². The predicted molar refractivity (Wildman–Crippen MR) is 141 cm³/mol. The molecule has 6 nitrogen and oxygen atoms in total. The SMILES string of the molecule is C=CCN(CC(=O)N(Cc1ccccc1)Cc1cccn1C)C(=O)Nc1cccc2ccccc12. The number of anilines is 1. The molecule has 0 aliphatic heterocycles. The Hall–Kier alpha value is -4.32. The molecule has 1 N–H and O–H groups in total. The Morgan fingerprint density at radius 2 is 1.63 bits per heavy atom. The van der Waals surface area contributed by atoms with E-state index in [1.165, 1.54) is 4.90 Å². The molecule has 1 heterocycles. The monoisotopic (exact) mass is 466 g/mol. The lowest BCUT2D eigenvalue weighted by molar-refractivity contribution is -0.133. The first kappa shape index (κ1) is 23.8. The van der Waals surface area contributed by atoms with Crippen LogP contribution in [0.25, 0.3) is 10.8 Å². The first-order valence-corrected chi connectivity index (χ1v) is 11.6. The van der Waals surface area contributed by atoms with E-state index in [1.54, 1.807) is 11.0 Å². The normalized spacial score (nSPS) is 10.7. The smallest absolute Gasteiger partial charge is 0.322 e. The van der Waals surface area contributed by atoms with Crippen LogP contribution in [0.3, 0.4) is 0 Å². The molecule has 0 fully saturated rings. The van der Waals surface area contributed by atoms with Crippen LogP contribution in [-0.2, 0) is 24.9 Å². The number of urea groups is 1. The van der Waals surface area contributed by atoms with Crippen LogP contribution in [0.2, 0.25) is 0 Å². The van der Waals surface area contributed by atoms with E-state index >= 15 is 0 Å². The highest BCUT2D eigenvalue weighted by Crippen LogP contribution is 2.23. The average Bonchev–Trinajstić information content (AvgIpc) is 3.28. The molecule has 1 aromatic heterocycles. The van der Waals surface area contributed by atoms with Gasteiger partial charge in [-0.2, -0.15) is 0 Å². The van der Waals surface area contributed by atoms with Gasteiger partial charge in [-0.3, -0.25) is 4.79 Å². The molecule has 4 rings (SSSR count). The van der Waals surface area contributed by atoms with E-state index in [2.05, 4.69) is 11.9 Å². The molecule has 0 radical (unpaired) electrons. The van der Waals surface area contributed by atoms with E-state index in [0.717, 1.165) is 22.0 Å². The minimum Gasteiger partial charge on any atom is -0.353 e. The number of hydrogen-bond donors (Lipinski definition) is 1. The van der Waals surface area contributed by atoms with Gasteiger partial charge >= 0.3 is 6.03 Å². The van der Waals surface area contributed by atoms with Crippen LogP contribution in [0.15, 0.2) is 104 Å². The van der Waals surface area contributed by atoms with E-state index in [9.17, 15) is 9.59 Å². The van der Waals surface area contributed by atoms with Gasteiger partial charge in [-0.05, 0) is 29.1 Å². The molecule has 0 aliphatic carbocycles. The number of carbonyl (C=O) groups excluding carboxylic acids is 2. The first-order valence-electron chi connectivity index (χ1n) is 11.6. The lowest BCUT2D eigenvalue weighted by atomic mass is 10.1. The summed E-state index contributed by atoms with van der Waals surface area (Å²) in [6, 6.07) is 27.1. The second kappa shape index (κ2) is 11.2. The van der Waals surface area contributed by atoms with Crippen molar-refractivity contribution in [2.75, 3.05) is 18.4 Å². The highest BCUT2D eigenvalue weighted by Gasteiger charge is 2.22. The van der Waals surface area contributed by atoms with E-state index in [1.807, 2.05) is 103 Å². The van der Waals surface area contributed by atoms with Crippen LogP contribution < -0.4 is 5.32 Å². The van der Waals surface area contributed by atoms with Gasteiger partial charge in [0.25, 0.3) is 0 Å². The molecule has 0 spiro atoms. The Morgan fingerprint density at radius 3 is 2.37 bits per heavy atom. The maximum Gasteiger partial charge on any atom is 0.322 e. The molecular weight excluding hydrogens is 436 g/mol. The van der Waals surface area contributed by atoms with E-state index in [0.29, 0.717) is 18.8 Å². The van der Waals surface area contributed by atoms with Crippen molar-refractivity contribution >= 4 is 28.4 Å². The summed E-state index contributed by atoms with van der Waals surface area (Å²) in [5, 5.41) is 4.97. The predicted octanol–water partition coefficient (Wildman–Crippen LogP) is 5.43. The quantitative estimate of drug-likeness (QED) is 0.335. The standard InChI is InChI=1S/C29H30N4O2/c1-3-18-32(29(35)30-27-17-9-14-24-13-7-8-16-26(24)27)22-28(34)33(20-23-11-5-4-6-12-23)21-25-15-10-19-31(25)2/h3-17,19H,1,18,20-22H2,2H3,(H,30,35). The Bertz CT molecular complexity index is 1310. The number of benzene rings is 3. The third-order valence-corrected chi connectivity index (χ3v) is 5.97. The molecular formula is C29H30N4O2. The zero-order valence-corrected chi connectivity index (χ0v) is 19.9. The maximum atomic E-state index is 13.5. The van der Waals surface area contributed by atoms with Gasteiger partial charge in [0, 0.05) is 37.4 Å². The number of rotatable bonds is 9. The molecule has 6 heteroatoms. The summed E-state index contributed by atoms with van der Waals surface area (Å²) in [5.41, 5.74) is 2.76. The number of aromatic nitrogens is 1. The minimum atomic E-state index is -0.340. The number of nitrogens with zero attached hydrogens (tertiary/aromatic N) is 3. The van der Waals surface area contributed by atoms with Crippen LogP contribution in [-0.4, -0.2) is 39.4 Å². The first-order chi connectivity index (χ1) is 17.0. The second-order valence-electron chi connectivity index (χ2n) is 8.47.